The predicted octanol–water partition coefficient (Wildman–Crippen LogP) is 1.58. The molecule has 4 heteroatoms. The Morgan fingerprint density at radius 1 is 1.67 bits per heavy atom. The third-order valence-electron chi connectivity index (χ3n) is 1.06. The summed E-state index contributed by atoms with van der Waals surface area (Å²) in [4.78, 5) is 3.83. The summed E-state index contributed by atoms with van der Waals surface area (Å²) >= 11 is 5.53. The molecule has 2 aromatic rings. The van der Waals surface area contributed by atoms with Gasteiger partial charge in [-0.15, -0.1) is 0 Å². The zero-order chi connectivity index (χ0) is 6.27. The molecule has 0 aliphatic carbocycles. The summed E-state index contributed by atoms with van der Waals surface area (Å²) in [6.07, 6.45) is 4.98. The molecule has 0 bridgehead atoms. The van der Waals surface area contributed by atoms with E-state index in [1.54, 1.807) is 23.1 Å². The molecule has 3 nitrogen and oxygen atoms in total. The third kappa shape index (κ3) is 0.616. The molecule has 2 rings (SSSR count). The van der Waals surface area contributed by atoms with Crippen LogP contribution in [-0.4, -0.2) is 9.38 Å². The number of nitrogens with zero attached hydrogens (tertiary/aromatic N) is 2. The number of fused-ring (bicyclic) bond motifs is 1. The van der Waals surface area contributed by atoms with Gasteiger partial charge in [-0.1, -0.05) is 11.6 Å². The molecule has 0 aliphatic heterocycles. The highest BCUT2D eigenvalue weighted by atomic mass is 35.5. The van der Waals surface area contributed by atoms with E-state index >= 15 is 0 Å². The number of oxazole rings is 1. The number of rotatable bonds is 0. The quantitative estimate of drug-likeness (QED) is 0.559. The van der Waals surface area contributed by atoms with Gasteiger partial charge in [0.1, 0.15) is 6.26 Å². The maximum absolute atomic E-state index is 5.53. The Hall–Kier alpha value is -0.960. The maximum atomic E-state index is 5.53. The summed E-state index contributed by atoms with van der Waals surface area (Å²) in [5, 5.41) is 0.453. The maximum Gasteiger partial charge on any atom is 0.307 e. The van der Waals surface area contributed by atoms with Crippen LogP contribution in [0.2, 0.25) is 5.15 Å². The van der Waals surface area contributed by atoms with Gasteiger partial charge in [0, 0.05) is 6.20 Å². The second-order valence-electron chi connectivity index (χ2n) is 1.66. The second kappa shape index (κ2) is 1.51. The molecule has 0 N–H and O–H groups in total. The van der Waals surface area contributed by atoms with E-state index in [2.05, 4.69) is 4.98 Å². The molecular weight excluding hydrogens is 140 g/mol. The number of hydrogen-bond donors (Lipinski definition) is 0. The van der Waals surface area contributed by atoms with Gasteiger partial charge in [-0.25, -0.2) is 0 Å². The van der Waals surface area contributed by atoms with E-state index in [0.29, 0.717) is 11.0 Å². The van der Waals surface area contributed by atoms with Gasteiger partial charge in [0.15, 0.2) is 5.15 Å². The Bertz CT molecular complexity index is 296. The van der Waals surface area contributed by atoms with Crippen LogP contribution in [0.15, 0.2) is 23.1 Å². The highest BCUT2D eigenvalue weighted by Crippen LogP contribution is 2.08. The molecule has 9 heavy (non-hydrogen) atoms. The van der Waals surface area contributed by atoms with Crippen molar-refractivity contribution < 1.29 is 4.42 Å². The van der Waals surface area contributed by atoms with Crippen molar-refractivity contribution in [3.8, 4) is 0 Å². The van der Waals surface area contributed by atoms with E-state index in [1.807, 2.05) is 0 Å². The number of imidazole rings is 1. The van der Waals surface area contributed by atoms with Gasteiger partial charge in [-0.05, 0) is 0 Å². The highest BCUT2D eigenvalue weighted by Gasteiger charge is 1.98. The van der Waals surface area contributed by atoms with Crippen LogP contribution in [0.1, 0.15) is 0 Å². The molecule has 0 aliphatic rings. The standard InChI is InChI=1S/C5H3ClN2O/c6-4-3-8-1-2-9-5(8)7-4/h1-3H. The van der Waals surface area contributed by atoms with Gasteiger partial charge in [-0.3, -0.25) is 4.40 Å². The molecular formula is C5H3ClN2O. The van der Waals surface area contributed by atoms with Gasteiger partial charge >= 0.3 is 5.84 Å². The lowest BCUT2D eigenvalue weighted by Crippen LogP contribution is -1.67. The lowest BCUT2D eigenvalue weighted by Gasteiger charge is -1.69. The molecule has 0 spiro atoms. The SMILES string of the molecule is Clc1cn2ccoc2n1. The third-order valence-corrected chi connectivity index (χ3v) is 1.25. The van der Waals surface area contributed by atoms with Crippen LogP contribution in [0, 0.1) is 0 Å². The first-order valence-corrected chi connectivity index (χ1v) is 2.82. The average Bonchev–Trinajstić information content (AvgIpc) is 2.22. The van der Waals surface area contributed by atoms with Crippen LogP contribution >= 0.6 is 11.6 Å². The van der Waals surface area contributed by atoms with Crippen molar-refractivity contribution in [3.05, 3.63) is 23.8 Å². The minimum Gasteiger partial charge on any atom is -0.432 e. The van der Waals surface area contributed by atoms with Crippen molar-refractivity contribution >= 4 is 17.4 Å². The summed E-state index contributed by atoms with van der Waals surface area (Å²) in [7, 11) is 0. The second-order valence-corrected chi connectivity index (χ2v) is 2.04. The summed E-state index contributed by atoms with van der Waals surface area (Å²) in [6.45, 7) is 0. The molecule has 0 saturated carbocycles. The number of aromatic nitrogens is 2. The predicted molar refractivity (Wildman–Crippen MR) is 32.5 cm³/mol. The van der Waals surface area contributed by atoms with Gasteiger partial charge in [-0.2, -0.15) is 4.98 Å². The first-order valence-electron chi connectivity index (χ1n) is 2.44. The summed E-state index contributed by atoms with van der Waals surface area (Å²) in [5.41, 5.74) is 0. The minimum absolute atomic E-state index is 0.453. The molecule has 46 valence electrons. The van der Waals surface area contributed by atoms with Crippen molar-refractivity contribution in [1.82, 2.24) is 9.38 Å². The van der Waals surface area contributed by atoms with Crippen molar-refractivity contribution in [2.75, 3.05) is 0 Å². The lowest BCUT2D eigenvalue weighted by molar-refractivity contribution is 0.596. The molecule has 0 aromatic carbocycles. The highest BCUT2D eigenvalue weighted by molar-refractivity contribution is 6.29. The smallest absolute Gasteiger partial charge is 0.307 e. The van der Waals surface area contributed by atoms with Crippen LogP contribution in [0.25, 0.3) is 5.84 Å². The van der Waals surface area contributed by atoms with E-state index in [1.165, 1.54) is 0 Å². The summed E-state index contributed by atoms with van der Waals surface area (Å²) < 4.78 is 6.62. The fraction of sp³-hybridized carbons (Fsp3) is 0. The van der Waals surface area contributed by atoms with Crippen LogP contribution < -0.4 is 0 Å². The molecule has 0 amide bonds. The Kier molecular flexibility index (Phi) is 0.818. The van der Waals surface area contributed by atoms with Crippen LogP contribution in [0.4, 0.5) is 0 Å². The van der Waals surface area contributed by atoms with Gasteiger partial charge in [0.05, 0.1) is 6.20 Å². The lowest BCUT2D eigenvalue weighted by atomic mass is 10.9. The first kappa shape index (κ1) is 4.88. The molecule has 0 saturated heterocycles. The zero-order valence-electron chi connectivity index (χ0n) is 4.41. The van der Waals surface area contributed by atoms with Crippen LogP contribution in [0.3, 0.4) is 0 Å². The first-order chi connectivity index (χ1) is 4.36. The van der Waals surface area contributed by atoms with Crippen molar-refractivity contribution in [2.45, 2.75) is 0 Å². The molecule has 0 radical (unpaired) electrons. The zero-order valence-corrected chi connectivity index (χ0v) is 5.17. The topological polar surface area (TPSA) is 30.4 Å². The molecule has 2 heterocycles. The Labute approximate surface area is 55.9 Å². The molecule has 2 aromatic heterocycles. The molecule has 0 unspecified atom stereocenters. The van der Waals surface area contributed by atoms with E-state index in [-0.39, 0.29) is 0 Å². The van der Waals surface area contributed by atoms with Crippen LogP contribution in [0.5, 0.6) is 0 Å². The number of halogens is 1. The fourth-order valence-corrected chi connectivity index (χ4v) is 0.876. The Balaban J connectivity index is 2.92. The largest absolute Gasteiger partial charge is 0.432 e. The van der Waals surface area contributed by atoms with Gasteiger partial charge in [0.25, 0.3) is 0 Å². The Morgan fingerprint density at radius 3 is 3.33 bits per heavy atom. The minimum atomic E-state index is 0.453. The summed E-state index contributed by atoms with van der Waals surface area (Å²) in [6, 6.07) is 0. The van der Waals surface area contributed by atoms with E-state index in [0.717, 1.165) is 0 Å². The molecule has 0 fully saturated rings. The van der Waals surface area contributed by atoms with Crippen molar-refractivity contribution in [2.24, 2.45) is 0 Å². The van der Waals surface area contributed by atoms with Gasteiger partial charge < -0.3 is 4.42 Å². The van der Waals surface area contributed by atoms with E-state index in [9.17, 15) is 0 Å². The van der Waals surface area contributed by atoms with E-state index in [4.69, 9.17) is 16.0 Å². The average molecular weight is 143 g/mol. The van der Waals surface area contributed by atoms with Crippen LogP contribution in [-0.2, 0) is 0 Å². The van der Waals surface area contributed by atoms with E-state index < -0.39 is 0 Å². The fourth-order valence-electron chi connectivity index (χ4n) is 0.699. The summed E-state index contributed by atoms with van der Waals surface area (Å²) in [5.74, 6) is 0.528. The Morgan fingerprint density at radius 2 is 2.56 bits per heavy atom. The normalized spacial score (nSPS) is 10.8. The van der Waals surface area contributed by atoms with Gasteiger partial charge in [0.2, 0.25) is 0 Å². The van der Waals surface area contributed by atoms with Crippen molar-refractivity contribution in [3.63, 3.8) is 0 Å². The molecule has 0 atom stereocenters. The van der Waals surface area contributed by atoms with Crippen molar-refractivity contribution in [1.29, 1.82) is 0 Å². The number of hydrogen-bond acceptors (Lipinski definition) is 2. The monoisotopic (exact) mass is 142 g/mol.